The van der Waals surface area contributed by atoms with Crippen molar-refractivity contribution >= 4 is 0 Å². The molecule has 0 radical (unpaired) electrons. The van der Waals surface area contributed by atoms with Crippen molar-refractivity contribution in [1.82, 2.24) is 5.32 Å². The van der Waals surface area contributed by atoms with E-state index in [1.165, 1.54) is 0 Å². The molecule has 13 heavy (non-hydrogen) atoms. The van der Waals surface area contributed by atoms with Crippen LogP contribution in [-0.4, -0.2) is 6.50 Å². The number of rotatable bonds is 1. The molecule has 0 spiro atoms. The van der Waals surface area contributed by atoms with E-state index in [1.807, 2.05) is 0 Å². The Labute approximate surface area is 80.0 Å². The van der Waals surface area contributed by atoms with E-state index >= 15 is 0 Å². The molecule has 2 unspecified atom stereocenters. The Morgan fingerprint density at radius 2 is 2.31 bits per heavy atom. The number of halogens is 2. The molecule has 1 fully saturated rings. The predicted molar refractivity (Wildman–Crippen MR) is 46.3 cm³/mol. The predicted octanol–water partition coefficient (Wildman–Crippen LogP) is 2.39. The van der Waals surface area contributed by atoms with Crippen LogP contribution in [0.15, 0.2) is 18.2 Å². The van der Waals surface area contributed by atoms with Gasteiger partial charge in [0.1, 0.15) is 11.6 Å². The van der Waals surface area contributed by atoms with Gasteiger partial charge in [-0.25, -0.2) is 8.78 Å². The van der Waals surface area contributed by atoms with Crippen molar-refractivity contribution in [1.29, 1.82) is 0 Å². The molecule has 1 N–H and O–H groups in total. The van der Waals surface area contributed by atoms with Gasteiger partial charge in [-0.2, -0.15) is 0 Å². The smallest absolute Gasteiger partial charge is 0.128 e. The first-order chi connectivity index (χ1) is 7.40. The second-order valence-corrected chi connectivity index (χ2v) is 2.95. The first-order valence-electron chi connectivity index (χ1n) is 5.63. The molecule has 2 rings (SSSR count). The molecule has 0 saturated carbocycles. The van der Waals surface area contributed by atoms with Crippen molar-refractivity contribution in [2.24, 2.45) is 0 Å². The summed E-state index contributed by atoms with van der Waals surface area (Å²) in [6.07, 6.45) is -0.840. The van der Waals surface area contributed by atoms with Crippen molar-refractivity contribution in [3.05, 3.63) is 35.4 Å². The van der Waals surface area contributed by atoms with Crippen molar-refractivity contribution in [2.75, 3.05) is 6.50 Å². The third-order valence-corrected chi connectivity index (χ3v) is 2.05. The quantitative estimate of drug-likeness (QED) is 0.710. The average Bonchev–Trinajstić information content (AvgIpc) is 2.45. The maximum atomic E-state index is 13.4. The normalized spacial score (nSPS) is 35.1. The number of hydrogen-bond donors (Lipinski definition) is 1. The van der Waals surface area contributed by atoms with Crippen LogP contribution in [0.4, 0.5) is 8.78 Å². The van der Waals surface area contributed by atoms with E-state index in [0.29, 0.717) is 0 Å². The SMILES string of the molecule is [2H]C1CC(c2cc(F)ccc2F)NC1([2H])[2H]. The van der Waals surface area contributed by atoms with Gasteiger partial charge in [-0.1, -0.05) is 0 Å². The zero-order valence-electron chi connectivity index (χ0n) is 9.85. The van der Waals surface area contributed by atoms with Crippen molar-refractivity contribution in [2.45, 2.75) is 18.9 Å². The Morgan fingerprint density at radius 1 is 1.46 bits per heavy atom. The topological polar surface area (TPSA) is 12.0 Å². The Kier molecular flexibility index (Phi) is 1.50. The Bertz CT molecular complexity index is 411. The molecule has 3 heteroatoms. The minimum absolute atomic E-state index is 0.0821. The molecule has 0 aliphatic carbocycles. The first-order valence-corrected chi connectivity index (χ1v) is 4.05. The summed E-state index contributed by atoms with van der Waals surface area (Å²) >= 11 is 0. The molecular formula is C10H11F2N. The van der Waals surface area contributed by atoms with E-state index in [0.717, 1.165) is 18.2 Å². The second-order valence-electron chi connectivity index (χ2n) is 2.95. The van der Waals surface area contributed by atoms with Gasteiger partial charge in [0.25, 0.3) is 0 Å². The van der Waals surface area contributed by atoms with Crippen LogP contribution in [0.3, 0.4) is 0 Å². The molecule has 2 atom stereocenters. The van der Waals surface area contributed by atoms with Crippen LogP contribution in [0.25, 0.3) is 0 Å². The van der Waals surface area contributed by atoms with Crippen LogP contribution >= 0.6 is 0 Å². The molecular weight excluding hydrogens is 172 g/mol. The maximum Gasteiger partial charge on any atom is 0.128 e. The van der Waals surface area contributed by atoms with E-state index in [2.05, 4.69) is 5.32 Å². The molecule has 1 aromatic carbocycles. The molecule has 1 nitrogen and oxygen atoms in total. The third-order valence-electron chi connectivity index (χ3n) is 2.05. The van der Waals surface area contributed by atoms with Gasteiger partial charge >= 0.3 is 0 Å². The van der Waals surface area contributed by atoms with Gasteiger partial charge in [-0.05, 0) is 37.5 Å². The minimum Gasteiger partial charge on any atom is -0.310 e. The lowest BCUT2D eigenvalue weighted by molar-refractivity contribution is 0.543. The first kappa shape index (κ1) is 5.70. The summed E-state index contributed by atoms with van der Waals surface area (Å²) in [6, 6.07) is 2.43. The van der Waals surface area contributed by atoms with Gasteiger partial charge in [-0.3, -0.25) is 0 Å². The molecule has 70 valence electrons. The highest BCUT2D eigenvalue weighted by molar-refractivity contribution is 5.23. The van der Waals surface area contributed by atoms with Gasteiger partial charge in [0.2, 0.25) is 0 Å². The summed E-state index contributed by atoms with van der Waals surface area (Å²) in [5.74, 6) is -1.14. The summed E-state index contributed by atoms with van der Waals surface area (Å²) in [4.78, 5) is 0. The van der Waals surface area contributed by atoms with Gasteiger partial charge in [-0.15, -0.1) is 0 Å². The number of nitrogens with one attached hydrogen (secondary N) is 1. The minimum atomic E-state index is -1.86. The van der Waals surface area contributed by atoms with E-state index < -0.39 is 30.6 Å². The fraction of sp³-hybridized carbons (Fsp3) is 0.400. The largest absolute Gasteiger partial charge is 0.310 e. The number of benzene rings is 1. The van der Waals surface area contributed by atoms with E-state index in [-0.39, 0.29) is 12.0 Å². The standard InChI is InChI=1S/C10H11F2N/c11-7-3-4-9(12)8(6-7)10-2-1-5-13-10/h3-4,6,10,13H,1-2,5H2/i1D,5D2. The summed E-state index contributed by atoms with van der Waals surface area (Å²) in [7, 11) is 0. The molecule has 0 amide bonds. The molecule has 1 aromatic rings. The van der Waals surface area contributed by atoms with Crippen LogP contribution in [0.5, 0.6) is 0 Å². The number of hydrogen-bond acceptors (Lipinski definition) is 1. The van der Waals surface area contributed by atoms with Crippen molar-refractivity contribution in [3.8, 4) is 0 Å². The highest BCUT2D eigenvalue weighted by Crippen LogP contribution is 2.25. The zero-order chi connectivity index (χ0) is 11.9. The van der Waals surface area contributed by atoms with Crippen LogP contribution in [-0.2, 0) is 0 Å². The molecule has 1 aliphatic rings. The molecule has 0 aromatic heterocycles. The van der Waals surface area contributed by atoms with Gasteiger partial charge < -0.3 is 5.32 Å². The summed E-state index contributed by atoms with van der Waals surface area (Å²) in [5.41, 5.74) is 0.0821. The third kappa shape index (κ3) is 1.70. The highest BCUT2D eigenvalue weighted by atomic mass is 19.1. The Morgan fingerprint density at radius 3 is 3.00 bits per heavy atom. The monoisotopic (exact) mass is 186 g/mol. The van der Waals surface area contributed by atoms with Crippen LogP contribution in [0, 0.1) is 11.6 Å². The van der Waals surface area contributed by atoms with Gasteiger partial charge in [0, 0.05) is 15.7 Å². The highest BCUT2D eigenvalue weighted by Gasteiger charge is 2.19. The van der Waals surface area contributed by atoms with Gasteiger partial charge in [0.15, 0.2) is 0 Å². The Balaban J connectivity index is 2.30. The van der Waals surface area contributed by atoms with E-state index in [1.54, 1.807) is 0 Å². The van der Waals surface area contributed by atoms with Crippen LogP contribution in [0.2, 0.25) is 0 Å². The lowest BCUT2D eigenvalue weighted by atomic mass is 10.0. The zero-order valence-corrected chi connectivity index (χ0v) is 6.85. The fourth-order valence-corrected chi connectivity index (χ4v) is 1.38. The Hall–Kier alpha value is -0.960. The van der Waals surface area contributed by atoms with E-state index in [9.17, 15) is 8.78 Å². The van der Waals surface area contributed by atoms with Crippen LogP contribution < -0.4 is 5.32 Å². The lowest BCUT2D eigenvalue weighted by Crippen LogP contribution is -2.14. The summed E-state index contributed by atoms with van der Waals surface area (Å²) in [5, 5.41) is 2.50. The average molecular weight is 186 g/mol. The molecule has 1 aliphatic heterocycles. The van der Waals surface area contributed by atoms with Gasteiger partial charge in [0.05, 0.1) is 0 Å². The van der Waals surface area contributed by atoms with E-state index in [4.69, 9.17) is 4.11 Å². The molecule has 1 heterocycles. The fourth-order valence-electron chi connectivity index (χ4n) is 1.38. The molecule has 0 bridgehead atoms. The summed E-state index contributed by atoms with van der Waals surface area (Å²) < 4.78 is 48.7. The molecule has 1 saturated heterocycles. The lowest BCUT2D eigenvalue weighted by Gasteiger charge is -2.11. The van der Waals surface area contributed by atoms with Crippen LogP contribution in [0.1, 0.15) is 28.5 Å². The second kappa shape index (κ2) is 3.42. The van der Waals surface area contributed by atoms with Crippen molar-refractivity contribution in [3.63, 3.8) is 0 Å². The van der Waals surface area contributed by atoms with Crippen molar-refractivity contribution < 1.29 is 12.9 Å². The summed E-state index contributed by atoms with van der Waals surface area (Å²) in [6.45, 7) is -1.86. The maximum absolute atomic E-state index is 13.4.